The highest BCUT2D eigenvalue weighted by Crippen LogP contribution is 2.39. The van der Waals surface area contributed by atoms with E-state index >= 15 is 0 Å². The molecule has 0 spiro atoms. The average molecular weight is 841 g/mol. The molecule has 0 amide bonds. The van der Waals surface area contributed by atoms with Gasteiger partial charge in [0, 0.05) is 66.4 Å². The monoisotopic (exact) mass is 841 g/mol. The van der Waals surface area contributed by atoms with Crippen molar-refractivity contribution in [1.82, 2.24) is 19.9 Å². The van der Waals surface area contributed by atoms with Crippen LogP contribution in [0.3, 0.4) is 0 Å². The van der Waals surface area contributed by atoms with E-state index in [0.717, 1.165) is 44.2 Å². The molecule has 5 heterocycles. The van der Waals surface area contributed by atoms with E-state index in [1.54, 1.807) is 0 Å². The van der Waals surface area contributed by atoms with E-state index in [9.17, 15) is 0 Å². The third kappa shape index (κ3) is 6.99. The fraction of sp³-hybridized carbons (Fsp3) is 0.267. The predicted octanol–water partition coefficient (Wildman–Crippen LogP) is 12.2. The maximum atomic E-state index is 4.03. The van der Waals surface area contributed by atoms with Gasteiger partial charge in [-0.2, -0.15) is 0 Å². The minimum Gasteiger partial charge on any atom is -0.355 e. The molecule has 0 fully saturated rings. The zero-order valence-electron chi connectivity index (χ0n) is 40.9. The summed E-state index contributed by atoms with van der Waals surface area (Å²) in [5.74, 6) is 0. The van der Waals surface area contributed by atoms with Gasteiger partial charge >= 0.3 is 0 Å². The van der Waals surface area contributed by atoms with Crippen molar-refractivity contribution in [3.63, 3.8) is 0 Å². The van der Waals surface area contributed by atoms with Crippen molar-refractivity contribution in [2.45, 2.75) is 111 Å². The van der Waals surface area contributed by atoms with Crippen LogP contribution in [0.25, 0.3) is 68.8 Å². The van der Waals surface area contributed by atoms with Gasteiger partial charge in [-0.15, -0.1) is 0 Å². The van der Waals surface area contributed by atoms with Gasteiger partial charge in [0.05, 0.1) is 0 Å². The smallest absolute Gasteiger partial charge is 0.0488 e. The Kier molecular flexibility index (Phi) is 10.4. The maximum absolute atomic E-state index is 4.03. The summed E-state index contributed by atoms with van der Waals surface area (Å²) in [6.07, 6.45) is 9.46. The lowest BCUT2D eigenvalue weighted by Gasteiger charge is -2.13. The molecule has 4 heteroatoms. The molecule has 4 N–H and O–H groups in total. The highest BCUT2D eigenvalue weighted by Gasteiger charge is 2.23. The van der Waals surface area contributed by atoms with E-state index in [4.69, 9.17) is 0 Å². The maximum Gasteiger partial charge on any atom is 0.0488 e. The highest BCUT2D eigenvalue weighted by atomic mass is 14.8. The van der Waals surface area contributed by atoms with Gasteiger partial charge in [-0.05, 0) is 224 Å². The first-order valence-corrected chi connectivity index (χ1v) is 22.9. The zero-order valence-corrected chi connectivity index (χ0v) is 40.9. The van der Waals surface area contributed by atoms with Crippen LogP contribution in [0, 0.1) is 111 Å². The Morgan fingerprint density at radius 1 is 0.219 bits per heavy atom. The van der Waals surface area contributed by atoms with Crippen LogP contribution in [0.5, 0.6) is 0 Å². The van der Waals surface area contributed by atoms with Crippen LogP contribution in [0.1, 0.15) is 112 Å². The summed E-state index contributed by atoms with van der Waals surface area (Å²) in [4.78, 5) is 16.1. The number of aryl methyl sites for hydroxylation is 12. The van der Waals surface area contributed by atoms with E-state index in [1.807, 2.05) is 0 Å². The highest BCUT2D eigenvalue weighted by molar-refractivity contribution is 5.88. The molecule has 0 saturated carbocycles. The van der Waals surface area contributed by atoms with Gasteiger partial charge in [0.1, 0.15) is 0 Å². The van der Waals surface area contributed by atoms with Gasteiger partial charge < -0.3 is 19.9 Å². The van der Waals surface area contributed by atoms with E-state index < -0.39 is 0 Å². The SMILES string of the molecule is Cc1cc(C)c(-c2c3[nH]c(c2C)C=c2[nH]c(c(C)c2-c2c(C)cc(C)cc2C)=Cc2[nH]c(c(C)c2-c2c(C)cc(C)cc2C)C=c2[nH]c(c(C)c2-c2c(C)cc(C)cc2C)=C3)c(C)c1. The van der Waals surface area contributed by atoms with E-state index in [-0.39, 0.29) is 0 Å². The summed E-state index contributed by atoms with van der Waals surface area (Å²) in [6.45, 7) is 36.0. The number of aromatic amines is 4. The van der Waals surface area contributed by atoms with Crippen molar-refractivity contribution in [3.8, 4) is 44.5 Å². The number of nitrogens with one attached hydrogen (secondary N) is 4. The molecule has 8 bridgehead atoms. The second-order valence-corrected chi connectivity index (χ2v) is 19.5. The number of benzene rings is 4. The molecule has 4 aromatic carbocycles. The van der Waals surface area contributed by atoms with Crippen molar-refractivity contribution in [3.05, 3.63) is 182 Å². The first kappa shape index (κ1) is 42.8. The lowest BCUT2D eigenvalue weighted by atomic mass is 9.90. The third-order valence-corrected chi connectivity index (χ3v) is 14.1. The topological polar surface area (TPSA) is 63.2 Å². The minimum absolute atomic E-state index is 1.09. The van der Waals surface area contributed by atoms with Crippen molar-refractivity contribution in [2.75, 3.05) is 0 Å². The first-order valence-electron chi connectivity index (χ1n) is 22.9. The Morgan fingerprint density at radius 2 is 0.453 bits per heavy atom. The summed E-state index contributed by atoms with van der Waals surface area (Å²) < 4.78 is 0. The molecule has 0 aliphatic carbocycles. The molecule has 324 valence electrons. The Balaban J connectivity index is 1.50. The molecule has 0 atom stereocenters. The van der Waals surface area contributed by atoms with Crippen LogP contribution in [0.2, 0.25) is 0 Å². The summed E-state index contributed by atoms with van der Waals surface area (Å²) in [6, 6.07) is 18.6. The minimum atomic E-state index is 1.09. The normalized spacial score (nSPS) is 12.2. The van der Waals surface area contributed by atoms with Crippen LogP contribution in [0.15, 0.2) is 48.5 Å². The van der Waals surface area contributed by atoms with Gasteiger partial charge in [-0.3, -0.25) is 0 Å². The molecular formula is C60H64N4. The lowest BCUT2D eigenvalue weighted by molar-refractivity contribution is 1.21. The van der Waals surface area contributed by atoms with Crippen molar-refractivity contribution in [1.29, 1.82) is 0 Å². The molecule has 1 aliphatic rings. The van der Waals surface area contributed by atoms with Gasteiger partial charge in [-0.1, -0.05) is 70.8 Å². The second-order valence-electron chi connectivity index (χ2n) is 19.5. The van der Waals surface area contributed by atoms with Crippen LogP contribution < -0.4 is 21.4 Å². The van der Waals surface area contributed by atoms with E-state index in [2.05, 4.69) is 204 Å². The molecular weight excluding hydrogens is 777 g/mol. The molecule has 0 radical (unpaired) electrons. The number of hydrogen-bond donors (Lipinski definition) is 4. The molecule has 0 saturated heterocycles. The summed E-state index contributed by atoms with van der Waals surface area (Å²) in [5, 5.41) is 4.37. The largest absolute Gasteiger partial charge is 0.355 e. The van der Waals surface area contributed by atoms with Gasteiger partial charge in [-0.25, -0.2) is 0 Å². The molecule has 9 rings (SSSR count). The van der Waals surface area contributed by atoms with Crippen molar-refractivity contribution in [2.24, 2.45) is 0 Å². The molecule has 4 nitrogen and oxygen atoms in total. The predicted molar refractivity (Wildman–Crippen MR) is 273 cm³/mol. The number of aromatic nitrogens is 4. The number of rotatable bonds is 4. The van der Waals surface area contributed by atoms with Crippen molar-refractivity contribution < 1.29 is 0 Å². The van der Waals surface area contributed by atoms with Gasteiger partial charge in [0.2, 0.25) is 0 Å². The first-order chi connectivity index (χ1) is 30.3. The fourth-order valence-electron chi connectivity index (χ4n) is 11.7. The summed E-state index contributed by atoms with van der Waals surface area (Å²) in [5.41, 5.74) is 34.8. The Hall–Kier alpha value is -6.52. The molecule has 1 aliphatic heterocycles. The molecule has 64 heavy (non-hydrogen) atoms. The Bertz CT molecular complexity index is 3220. The standard InChI is InChI=1S/C60H64N4/c1-29-17-33(5)53(34(6)18-29)57-41(13)45-26-50-59(55-37(9)21-31(3)22-38(55)10)43(15)47(63-50)28-52-60(56-39(11)23-32(4)24-40(56)12)44(16)48(64-52)27-51-58(42(14)46(62-51)25-49(57)61-45)54-35(7)19-30(2)20-36(54)8/h17-28,61-64H,1-16H3. The summed E-state index contributed by atoms with van der Waals surface area (Å²) in [7, 11) is 0. The van der Waals surface area contributed by atoms with Crippen molar-refractivity contribution >= 4 is 24.3 Å². The molecule has 8 aromatic rings. The Labute approximate surface area is 379 Å². The Morgan fingerprint density at radius 3 is 0.719 bits per heavy atom. The van der Waals surface area contributed by atoms with Gasteiger partial charge in [0.15, 0.2) is 0 Å². The third-order valence-electron chi connectivity index (χ3n) is 14.1. The van der Waals surface area contributed by atoms with Crippen LogP contribution in [-0.4, -0.2) is 19.9 Å². The lowest BCUT2D eigenvalue weighted by Crippen LogP contribution is -2.13. The van der Waals surface area contributed by atoms with Crippen LogP contribution in [-0.2, 0) is 0 Å². The number of H-pyrrole nitrogens is 4. The molecule has 0 unspecified atom stereocenters. The molecule has 4 aromatic heterocycles. The van der Waals surface area contributed by atoms with Crippen LogP contribution in [0.4, 0.5) is 0 Å². The van der Waals surface area contributed by atoms with E-state index in [1.165, 1.54) is 134 Å². The second kappa shape index (κ2) is 15.6. The summed E-state index contributed by atoms with van der Waals surface area (Å²) >= 11 is 0. The fourth-order valence-corrected chi connectivity index (χ4v) is 11.7. The quantitative estimate of drug-likeness (QED) is 0.136. The zero-order chi connectivity index (χ0) is 45.8. The van der Waals surface area contributed by atoms with Crippen LogP contribution >= 0.6 is 0 Å². The van der Waals surface area contributed by atoms with Gasteiger partial charge in [0.25, 0.3) is 0 Å². The van der Waals surface area contributed by atoms with E-state index in [0.29, 0.717) is 0 Å². The average Bonchev–Trinajstić information content (AvgIpc) is 3.85. The number of hydrogen-bond acceptors (Lipinski definition) is 0. The number of fused-ring (bicyclic) bond motifs is 8.